The number of amides is 2. The van der Waals surface area contributed by atoms with E-state index in [2.05, 4.69) is 35.3 Å². The van der Waals surface area contributed by atoms with Crippen molar-refractivity contribution >= 4 is 65.5 Å². The minimum atomic E-state index is -1.21. The standard InChI is InChI=1S/C27H33N5O4SSi/c1-27(2,3)23(33)19-15-32(16-36-11-12-38(4,5)6)24-22(19)30-21(14-28-24)29-18-9-7-17(8-10-18)13-20-25(34)31-26(35)37-20/h7-10,13-15H,11-12,16H2,1-6H3,(H,29,30)(H,31,34,35). The molecule has 38 heavy (non-hydrogen) atoms. The second-order valence-corrected chi connectivity index (χ2v) is 18.1. The maximum atomic E-state index is 13.3. The van der Waals surface area contributed by atoms with Crippen LogP contribution in [0.2, 0.25) is 25.7 Å². The van der Waals surface area contributed by atoms with Crippen LogP contribution in [0.3, 0.4) is 0 Å². The van der Waals surface area contributed by atoms with Crippen LogP contribution in [0.15, 0.2) is 41.6 Å². The van der Waals surface area contributed by atoms with Crippen LogP contribution in [-0.4, -0.2) is 46.1 Å². The molecule has 0 bridgehead atoms. The lowest BCUT2D eigenvalue weighted by molar-refractivity contribution is -0.115. The number of nitrogens with one attached hydrogen (secondary N) is 2. The van der Waals surface area contributed by atoms with Crippen LogP contribution < -0.4 is 10.6 Å². The van der Waals surface area contributed by atoms with Crippen LogP contribution in [-0.2, 0) is 16.3 Å². The summed E-state index contributed by atoms with van der Waals surface area (Å²) >= 11 is 0.881. The van der Waals surface area contributed by atoms with E-state index in [-0.39, 0.29) is 16.9 Å². The second-order valence-electron chi connectivity index (χ2n) is 11.5. The van der Waals surface area contributed by atoms with Crippen molar-refractivity contribution in [2.75, 3.05) is 11.9 Å². The Bertz CT molecular complexity index is 1420. The average Bonchev–Trinajstić information content (AvgIpc) is 3.34. The van der Waals surface area contributed by atoms with Crippen LogP contribution in [0.5, 0.6) is 0 Å². The summed E-state index contributed by atoms with van der Waals surface area (Å²) in [5, 5.41) is 5.11. The summed E-state index contributed by atoms with van der Waals surface area (Å²) in [6.07, 6.45) is 5.09. The fourth-order valence-corrected chi connectivity index (χ4v) is 5.14. The maximum Gasteiger partial charge on any atom is 0.290 e. The van der Waals surface area contributed by atoms with Crippen molar-refractivity contribution in [2.24, 2.45) is 5.41 Å². The van der Waals surface area contributed by atoms with Gasteiger partial charge in [-0.25, -0.2) is 9.97 Å². The van der Waals surface area contributed by atoms with Gasteiger partial charge in [0.05, 0.1) is 16.7 Å². The number of nitrogens with zero attached hydrogens (tertiary/aromatic N) is 3. The van der Waals surface area contributed by atoms with Crippen LogP contribution in [0.25, 0.3) is 17.2 Å². The van der Waals surface area contributed by atoms with E-state index < -0.39 is 13.5 Å². The molecule has 0 unspecified atom stereocenters. The third-order valence-electron chi connectivity index (χ3n) is 5.84. The van der Waals surface area contributed by atoms with Gasteiger partial charge in [0.2, 0.25) is 0 Å². The molecular weight excluding hydrogens is 518 g/mol. The fraction of sp³-hybridized carbons (Fsp3) is 0.370. The van der Waals surface area contributed by atoms with Crippen LogP contribution in [0.4, 0.5) is 16.3 Å². The Balaban J connectivity index is 1.56. The molecule has 0 atom stereocenters. The van der Waals surface area contributed by atoms with E-state index in [0.29, 0.717) is 40.8 Å². The number of benzene rings is 1. The zero-order valence-electron chi connectivity index (χ0n) is 22.5. The van der Waals surface area contributed by atoms with E-state index in [4.69, 9.17) is 9.72 Å². The van der Waals surface area contributed by atoms with E-state index in [0.717, 1.165) is 29.1 Å². The summed E-state index contributed by atoms with van der Waals surface area (Å²) < 4.78 is 7.78. The molecule has 4 rings (SSSR count). The SMILES string of the molecule is CC(C)(C)C(=O)c1cn(COCC[Si](C)(C)C)c2ncc(Nc3ccc(C=C4SC(=O)NC4=O)cc3)nc12. The lowest BCUT2D eigenvalue weighted by atomic mass is 9.87. The number of Topliss-reactive ketones (excluding diaryl/α,β-unsaturated/α-hetero) is 1. The number of ketones is 1. The Morgan fingerprint density at radius 1 is 1.18 bits per heavy atom. The largest absolute Gasteiger partial charge is 0.361 e. The van der Waals surface area contributed by atoms with Gasteiger partial charge in [-0.05, 0) is 41.6 Å². The first kappa shape index (κ1) is 27.7. The number of aromatic nitrogens is 3. The number of fused-ring (bicyclic) bond motifs is 1. The lowest BCUT2D eigenvalue weighted by Crippen LogP contribution is -2.22. The van der Waals surface area contributed by atoms with Crippen LogP contribution in [0, 0.1) is 5.41 Å². The van der Waals surface area contributed by atoms with Gasteiger partial charge in [-0.1, -0.05) is 52.5 Å². The Labute approximate surface area is 227 Å². The molecule has 2 aromatic heterocycles. The fourth-order valence-electron chi connectivity index (χ4n) is 3.70. The average molecular weight is 552 g/mol. The highest BCUT2D eigenvalue weighted by molar-refractivity contribution is 8.18. The predicted octanol–water partition coefficient (Wildman–Crippen LogP) is 6.04. The quantitative estimate of drug-likeness (QED) is 0.143. The Hall–Kier alpha value is -3.28. The Morgan fingerprint density at radius 2 is 1.89 bits per heavy atom. The summed E-state index contributed by atoms with van der Waals surface area (Å²) in [4.78, 5) is 46.1. The molecule has 1 saturated heterocycles. The molecule has 0 radical (unpaired) electrons. The summed E-state index contributed by atoms with van der Waals surface area (Å²) in [6.45, 7) is 13.6. The summed E-state index contributed by atoms with van der Waals surface area (Å²) in [5.41, 5.74) is 2.61. The monoisotopic (exact) mass is 551 g/mol. The summed E-state index contributed by atoms with van der Waals surface area (Å²) in [7, 11) is -1.21. The normalized spacial score (nSPS) is 15.4. The summed E-state index contributed by atoms with van der Waals surface area (Å²) in [5.74, 6) is 0.0968. The molecular formula is C27H33N5O4SSi. The molecule has 0 aliphatic carbocycles. The minimum absolute atomic E-state index is 0.0144. The Morgan fingerprint density at radius 3 is 2.50 bits per heavy atom. The molecule has 2 amide bonds. The number of thioether (sulfide) groups is 1. The third kappa shape index (κ3) is 6.77. The highest BCUT2D eigenvalue weighted by atomic mass is 32.2. The number of carbonyl (C=O) groups excluding carboxylic acids is 3. The zero-order chi connectivity index (χ0) is 27.7. The Kier molecular flexibility index (Phi) is 7.91. The summed E-state index contributed by atoms with van der Waals surface area (Å²) in [6, 6.07) is 8.41. The molecule has 1 aromatic carbocycles. The molecule has 1 aliphatic heterocycles. The highest BCUT2D eigenvalue weighted by Gasteiger charge is 2.28. The molecule has 200 valence electrons. The number of hydrogen-bond donors (Lipinski definition) is 2. The number of imide groups is 1. The van der Waals surface area contributed by atoms with Gasteiger partial charge >= 0.3 is 0 Å². The van der Waals surface area contributed by atoms with Gasteiger partial charge in [-0.15, -0.1) is 0 Å². The first-order valence-electron chi connectivity index (χ1n) is 12.4. The molecule has 1 fully saturated rings. The van der Waals surface area contributed by atoms with E-state index in [1.54, 1.807) is 18.5 Å². The number of hydrogen-bond acceptors (Lipinski definition) is 8. The topological polar surface area (TPSA) is 115 Å². The maximum absolute atomic E-state index is 13.3. The highest BCUT2D eigenvalue weighted by Crippen LogP contribution is 2.29. The van der Waals surface area contributed by atoms with Crippen LogP contribution in [0.1, 0.15) is 36.7 Å². The van der Waals surface area contributed by atoms with Gasteiger partial charge in [-0.2, -0.15) is 0 Å². The van der Waals surface area contributed by atoms with Crippen molar-refractivity contribution in [2.45, 2.75) is 53.2 Å². The van der Waals surface area contributed by atoms with Crippen molar-refractivity contribution in [1.82, 2.24) is 19.9 Å². The molecule has 3 heterocycles. The van der Waals surface area contributed by atoms with Crippen LogP contribution >= 0.6 is 11.8 Å². The molecule has 2 N–H and O–H groups in total. The van der Waals surface area contributed by atoms with E-state index in [1.165, 1.54) is 0 Å². The first-order valence-corrected chi connectivity index (χ1v) is 16.9. The van der Waals surface area contributed by atoms with Crippen molar-refractivity contribution in [3.63, 3.8) is 0 Å². The molecule has 9 nitrogen and oxygen atoms in total. The molecule has 11 heteroatoms. The van der Waals surface area contributed by atoms with Gasteiger partial charge < -0.3 is 14.6 Å². The number of anilines is 2. The molecule has 0 spiro atoms. The number of ether oxygens (including phenoxy) is 1. The minimum Gasteiger partial charge on any atom is -0.361 e. The third-order valence-corrected chi connectivity index (χ3v) is 8.36. The van der Waals surface area contributed by atoms with Gasteiger partial charge in [0.25, 0.3) is 11.1 Å². The van der Waals surface area contributed by atoms with Gasteiger partial charge in [0.1, 0.15) is 18.1 Å². The van der Waals surface area contributed by atoms with E-state index in [1.807, 2.05) is 49.6 Å². The van der Waals surface area contributed by atoms with Gasteiger partial charge in [0, 0.05) is 32.0 Å². The van der Waals surface area contributed by atoms with E-state index >= 15 is 0 Å². The molecule has 0 saturated carbocycles. The van der Waals surface area contributed by atoms with Crippen molar-refractivity contribution < 1.29 is 19.1 Å². The zero-order valence-corrected chi connectivity index (χ0v) is 24.4. The predicted molar refractivity (Wildman–Crippen MR) is 154 cm³/mol. The second kappa shape index (κ2) is 10.8. The number of carbonyl (C=O) groups is 3. The smallest absolute Gasteiger partial charge is 0.290 e. The van der Waals surface area contributed by atoms with Crippen molar-refractivity contribution in [3.05, 3.63) is 52.7 Å². The number of rotatable bonds is 9. The van der Waals surface area contributed by atoms with Crippen molar-refractivity contribution in [1.29, 1.82) is 0 Å². The first-order chi connectivity index (χ1) is 17.8. The molecule has 3 aromatic rings. The van der Waals surface area contributed by atoms with Gasteiger partial charge in [-0.3, -0.25) is 19.7 Å². The van der Waals surface area contributed by atoms with E-state index in [9.17, 15) is 14.4 Å². The van der Waals surface area contributed by atoms with Crippen molar-refractivity contribution in [3.8, 4) is 0 Å². The molecule has 1 aliphatic rings. The lowest BCUT2D eigenvalue weighted by Gasteiger charge is -2.16. The van der Waals surface area contributed by atoms with Gasteiger partial charge in [0.15, 0.2) is 11.4 Å².